The molecule has 0 aliphatic heterocycles. The third-order valence-electron chi connectivity index (χ3n) is 3.05. The molecule has 0 aliphatic rings. The van der Waals surface area contributed by atoms with Crippen LogP contribution in [-0.4, -0.2) is 29.3 Å². The zero-order valence-electron chi connectivity index (χ0n) is 11.6. The van der Waals surface area contributed by atoms with Gasteiger partial charge >= 0.3 is 0 Å². The van der Waals surface area contributed by atoms with Gasteiger partial charge in [-0.1, -0.05) is 18.2 Å². The minimum absolute atomic E-state index is 0.171. The number of aliphatic hydroxyl groups excluding tert-OH is 1. The van der Waals surface area contributed by atoms with Crippen molar-refractivity contribution in [3.8, 4) is 5.75 Å². The van der Waals surface area contributed by atoms with E-state index in [-0.39, 0.29) is 12.6 Å². The Morgan fingerprint density at radius 3 is 2.55 bits per heavy atom. The molecule has 1 aromatic heterocycles. The van der Waals surface area contributed by atoms with Crippen molar-refractivity contribution >= 4 is 0 Å². The smallest absolute Gasteiger partial charge is 0.119 e. The third-order valence-corrected chi connectivity index (χ3v) is 3.05. The number of rotatable bonds is 7. The Morgan fingerprint density at radius 1 is 1.15 bits per heavy atom. The van der Waals surface area contributed by atoms with Crippen LogP contribution in [0, 0.1) is 0 Å². The SMILES string of the molecule is C[C@@H](NCC(O)COc1ccccc1)c1ccncc1. The first-order chi connectivity index (χ1) is 9.75. The lowest BCUT2D eigenvalue weighted by Gasteiger charge is -2.17. The highest BCUT2D eigenvalue weighted by Crippen LogP contribution is 2.11. The number of hydrogen-bond donors (Lipinski definition) is 2. The summed E-state index contributed by atoms with van der Waals surface area (Å²) in [6.07, 6.45) is 2.99. The number of aliphatic hydroxyl groups is 1. The fourth-order valence-corrected chi connectivity index (χ4v) is 1.85. The largest absolute Gasteiger partial charge is 0.491 e. The average molecular weight is 272 g/mol. The molecular formula is C16H20N2O2. The Labute approximate surface area is 119 Å². The predicted molar refractivity (Wildman–Crippen MR) is 78.6 cm³/mol. The molecular weight excluding hydrogens is 252 g/mol. The number of para-hydroxylation sites is 1. The Morgan fingerprint density at radius 2 is 1.85 bits per heavy atom. The first-order valence-corrected chi connectivity index (χ1v) is 6.75. The molecule has 20 heavy (non-hydrogen) atoms. The van der Waals surface area contributed by atoms with Gasteiger partial charge in [0, 0.05) is 25.0 Å². The maximum Gasteiger partial charge on any atom is 0.119 e. The molecule has 0 saturated carbocycles. The fourth-order valence-electron chi connectivity index (χ4n) is 1.85. The maximum atomic E-state index is 9.91. The molecule has 0 spiro atoms. The fraction of sp³-hybridized carbons (Fsp3) is 0.312. The van der Waals surface area contributed by atoms with Gasteiger partial charge in [0.15, 0.2) is 0 Å². The topological polar surface area (TPSA) is 54.4 Å². The molecule has 2 aromatic rings. The Bertz CT molecular complexity index is 490. The van der Waals surface area contributed by atoms with Gasteiger partial charge in [-0.3, -0.25) is 4.98 Å². The molecule has 0 amide bonds. The molecule has 0 saturated heterocycles. The minimum Gasteiger partial charge on any atom is -0.491 e. The third kappa shape index (κ3) is 4.64. The van der Waals surface area contributed by atoms with E-state index in [0.717, 1.165) is 11.3 Å². The van der Waals surface area contributed by atoms with Gasteiger partial charge in [-0.25, -0.2) is 0 Å². The van der Waals surface area contributed by atoms with Crippen molar-refractivity contribution in [3.05, 3.63) is 60.4 Å². The van der Waals surface area contributed by atoms with Gasteiger partial charge in [0.2, 0.25) is 0 Å². The summed E-state index contributed by atoms with van der Waals surface area (Å²) in [6, 6.07) is 13.6. The van der Waals surface area contributed by atoms with Gasteiger partial charge in [-0.15, -0.1) is 0 Å². The molecule has 4 nitrogen and oxygen atoms in total. The van der Waals surface area contributed by atoms with E-state index in [4.69, 9.17) is 4.74 Å². The number of aromatic nitrogens is 1. The molecule has 0 bridgehead atoms. The molecule has 0 aliphatic carbocycles. The summed E-state index contributed by atoms with van der Waals surface area (Å²) >= 11 is 0. The summed E-state index contributed by atoms with van der Waals surface area (Å²) < 4.78 is 5.51. The standard InChI is InChI=1S/C16H20N2O2/c1-13(14-7-9-17-10-8-14)18-11-15(19)12-20-16-5-3-2-4-6-16/h2-10,13,15,18-19H,11-12H2,1H3/t13-,15?/m1/s1. The van der Waals surface area contributed by atoms with E-state index in [0.29, 0.717) is 6.54 Å². The van der Waals surface area contributed by atoms with Crippen LogP contribution in [0.4, 0.5) is 0 Å². The van der Waals surface area contributed by atoms with Gasteiger partial charge in [0.25, 0.3) is 0 Å². The molecule has 2 atom stereocenters. The first kappa shape index (κ1) is 14.5. The van der Waals surface area contributed by atoms with Gasteiger partial charge in [-0.05, 0) is 36.8 Å². The van der Waals surface area contributed by atoms with Crippen LogP contribution in [0.15, 0.2) is 54.9 Å². The van der Waals surface area contributed by atoms with Crippen molar-refractivity contribution in [2.75, 3.05) is 13.2 Å². The molecule has 1 heterocycles. The van der Waals surface area contributed by atoms with Crippen LogP contribution < -0.4 is 10.1 Å². The summed E-state index contributed by atoms with van der Waals surface area (Å²) in [5, 5.41) is 13.2. The molecule has 2 N–H and O–H groups in total. The Balaban J connectivity index is 1.71. The molecule has 1 aromatic carbocycles. The van der Waals surface area contributed by atoms with Crippen molar-refractivity contribution in [1.82, 2.24) is 10.3 Å². The Hall–Kier alpha value is -1.91. The average Bonchev–Trinajstić information content (AvgIpc) is 2.52. The quantitative estimate of drug-likeness (QED) is 0.811. The van der Waals surface area contributed by atoms with Gasteiger partial charge in [0.05, 0.1) is 0 Å². The highest BCUT2D eigenvalue weighted by atomic mass is 16.5. The van der Waals surface area contributed by atoms with Crippen LogP contribution in [-0.2, 0) is 0 Å². The van der Waals surface area contributed by atoms with Crippen molar-refractivity contribution in [2.45, 2.75) is 19.1 Å². The second-order valence-electron chi connectivity index (χ2n) is 4.69. The normalized spacial score (nSPS) is 13.7. The van der Waals surface area contributed by atoms with E-state index >= 15 is 0 Å². The van der Waals surface area contributed by atoms with Gasteiger partial charge < -0.3 is 15.2 Å². The Kier molecular flexibility index (Phi) is 5.53. The number of hydrogen-bond acceptors (Lipinski definition) is 4. The van der Waals surface area contributed by atoms with Crippen molar-refractivity contribution in [1.29, 1.82) is 0 Å². The molecule has 0 radical (unpaired) electrons. The lowest BCUT2D eigenvalue weighted by Crippen LogP contribution is -2.33. The second-order valence-corrected chi connectivity index (χ2v) is 4.69. The molecule has 4 heteroatoms. The first-order valence-electron chi connectivity index (χ1n) is 6.75. The monoisotopic (exact) mass is 272 g/mol. The van der Waals surface area contributed by atoms with E-state index in [1.165, 1.54) is 0 Å². The number of nitrogens with zero attached hydrogens (tertiary/aromatic N) is 1. The summed E-state index contributed by atoms with van der Waals surface area (Å²) in [5.74, 6) is 0.772. The van der Waals surface area contributed by atoms with Crippen molar-refractivity contribution in [3.63, 3.8) is 0 Å². The van der Waals surface area contributed by atoms with E-state index in [1.54, 1.807) is 12.4 Å². The summed E-state index contributed by atoms with van der Waals surface area (Å²) in [4.78, 5) is 3.99. The molecule has 1 unspecified atom stereocenters. The van der Waals surface area contributed by atoms with Crippen molar-refractivity contribution in [2.24, 2.45) is 0 Å². The van der Waals surface area contributed by atoms with Crippen LogP contribution in [0.1, 0.15) is 18.5 Å². The highest BCUT2D eigenvalue weighted by molar-refractivity contribution is 5.20. The van der Waals surface area contributed by atoms with Crippen LogP contribution in [0.3, 0.4) is 0 Å². The number of benzene rings is 1. The zero-order chi connectivity index (χ0) is 14.2. The second kappa shape index (κ2) is 7.62. The predicted octanol–water partition coefficient (Wildman–Crippen LogP) is 2.17. The lowest BCUT2D eigenvalue weighted by atomic mass is 10.1. The number of nitrogens with one attached hydrogen (secondary N) is 1. The van der Waals surface area contributed by atoms with E-state index < -0.39 is 6.10 Å². The van der Waals surface area contributed by atoms with Crippen LogP contribution in [0.2, 0.25) is 0 Å². The van der Waals surface area contributed by atoms with E-state index in [1.807, 2.05) is 42.5 Å². The number of pyridine rings is 1. The van der Waals surface area contributed by atoms with Gasteiger partial charge in [0.1, 0.15) is 18.5 Å². The lowest BCUT2D eigenvalue weighted by molar-refractivity contribution is 0.104. The van der Waals surface area contributed by atoms with Crippen LogP contribution in [0.5, 0.6) is 5.75 Å². The van der Waals surface area contributed by atoms with E-state index in [9.17, 15) is 5.11 Å². The van der Waals surface area contributed by atoms with Crippen molar-refractivity contribution < 1.29 is 9.84 Å². The maximum absolute atomic E-state index is 9.91. The summed E-state index contributed by atoms with van der Waals surface area (Å²) in [5.41, 5.74) is 1.15. The minimum atomic E-state index is -0.542. The zero-order valence-corrected chi connectivity index (χ0v) is 11.6. The summed E-state index contributed by atoms with van der Waals surface area (Å²) in [7, 11) is 0. The molecule has 106 valence electrons. The summed E-state index contributed by atoms with van der Waals surface area (Å²) in [6.45, 7) is 2.82. The number of ether oxygens (including phenoxy) is 1. The van der Waals surface area contributed by atoms with Crippen LogP contribution in [0.25, 0.3) is 0 Å². The van der Waals surface area contributed by atoms with E-state index in [2.05, 4.69) is 17.2 Å². The van der Waals surface area contributed by atoms with Gasteiger partial charge in [-0.2, -0.15) is 0 Å². The molecule has 0 fully saturated rings. The molecule has 2 rings (SSSR count). The highest BCUT2D eigenvalue weighted by Gasteiger charge is 2.09. The van der Waals surface area contributed by atoms with Crippen LogP contribution >= 0.6 is 0 Å².